The molecule has 8 heteroatoms. The molecule has 1 N–H and O–H groups in total. The maximum absolute atomic E-state index is 13.3. The Balaban J connectivity index is 1.64. The van der Waals surface area contributed by atoms with E-state index in [0.29, 0.717) is 6.54 Å². The van der Waals surface area contributed by atoms with Crippen LogP contribution in [0.25, 0.3) is 0 Å². The third kappa shape index (κ3) is 5.51. The summed E-state index contributed by atoms with van der Waals surface area (Å²) in [6.45, 7) is 2.71. The molecule has 1 heterocycles. The second-order valence-corrected chi connectivity index (χ2v) is 7.32. The van der Waals surface area contributed by atoms with E-state index in [1.165, 1.54) is 31.0 Å². The summed E-state index contributed by atoms with van der Waals surface area (Å²) in [6.07, 6.45) is 3.63. The lowest BCUT2D eigenvalue weighted by atomic mass is 10.1. The molecule has 2 aromatic rings. The summed E-state index contributed by atoms with van der Waals surface area (Å²) < 4.78 is 13.3. The topological polar surface area (TPSA) is 78.7 Å². The van der Waals surface area contributed by atoms with E-state index in [1.54, 1.807) is 0 Å². The molecule has 1 fully saturated rings. The van der Waals surface area contributed by atoms with Gasteiger partial charge < -0.3 is 10.2 Å². The van der Waals surface area contributed by atoms with Crippen LogP contribution in [0.4, 0.5) is 21.5 Å². The number of anilines is 2. The number of carbonyl (C=O) groups excluding carboxylic acids is 1. The number of hydrogen-bond acceptors (Lipinski definition) is 5. The van der Waals surface area contributed by atoms with Gasteiger partial charge in [-0.2, -0.15) is 0 Å². The molecule has 0 bridgehead atoms. The van der Waals surface area contributed by atoms with Gasteiger partial charge in [-0.3, -0.25) is 19.8 Å². The van der Waals surface area contributed by atoms with Crippen molar-refractivity contribution < 1.29 is 14.1 Å². The fourth-order valence-electron chi connectivity index (χ4n) is 3.63. The van der Waals surface area contributed by atoms with Gasteiger partial charge in [-0.1, -0.05) is 18.2 Å². The molecule has 29 heavy (non-hydrogen) atoms. The molecule has 0 spiro atoms. The van der Waals surface area contributed by atoms with Gasteiger partial charge in [0, 0.05) is 25.3 Å². The van der Waals surface area contributed by atoms with Gasteiger partial charge in [-0.25, -0.2) is 4.39 Å². The Morgan fingerprint density at radius 2 is 1.93 bits per heavy atom. The molecular weight excluding hydrogens is 375 g/mol. The summed E-state index contributed by atoms with van der Waals surface area (Å²) in [5, 5.41) is 13.6. The molecule has 154 valence electrons. The van der Waals surface area contributed by atoms with Crippen LogP contribution in [0.3, 0.4) is 0 Å². The van der Waals surface area contributed by atoms with Crippen molar-refractivity contribution in [2.24, 2.45) is 0 Å². The van der Waals surface area contributed by atoms with Crippen molar-refractivity contribution in [1.82, 2.24) is 4.90 Å². The van der Waals surface area contributed by atoms with Crippen molar-refractivity contribution in [3.8, 4) is 0 Å². The number of likely N-dealkylation sites (N-methyl/N-ethyl adjacent to an activating group) is 1. The Morgan fingerprint density at radius 3 is 2.66 bits per heavy atom. The SMILES string of the molecule is CN(CC(=O)Nc1ccc(F)cc1[N+](=O)[O-])Cc1ccccc1N1CCCCC1. The first kappa shape index (κ1) is 20.7. The lowest BCUT2D eigenvalue weighted by Crippen LogP contribution is -2.33. The zero-order chi connectivity index (χ0) is 20.8. The predicted octanol–water partition coefficient (Wildman–Crippen LogP) is 3.79. The van der Waals surface area contributed by atoms with Gasteiger partial charge in [0.25, 0.3) is 5.69 Å². The Bertz CT molecular complexity index is 884. The van der Waals surface area contributed by atoms with Crippen LogP contribution in [0.2, 0.25) is 0 Å². The summed E-state index contributed by atoms with van der Waals surface area (Å²) in [6, 6.07) is 11.3. The van der Waals surface area contributed by atoms with E-state index in [0.717, 1.165) is 30.8 Å². The first-order chi connectivity index (χ1) is 13.9. The number of carbonyl (C=O) groups is 1. The number of nitrogens with zero attached hydrogens (tertiary/aromatic N) is 3. The number of benzene rings is 2. The van der Waals surface area contributed by atoms with E-state index >= 15 is 0 Å². The predicted molar refractivity (Wildman–Crippen MR) is 111 cm³/mol. The van der Waals surface area contributed by atoms with Crippen LogP contribution in [0.15, 0.2) is 42.5 Å². The third-order valence-electron chi connectivity index (χ3n) is 4.97. The molecule has 3 rings (SSSR count). The van der Waals surface area contributed by atoms with E-state index in [1.807, 2.05) is 24.1 Å². The van der Waals surface area contributed by atoms with Crippen LogP contribution in [-0.2, 0) is 11.3 Å². The van der Waals surface area contributed by atoms with Crippen molar-refractivity contribution >= 4 is 23.0 Å². The molecular formula is C21H25FN4O3. The van der Waals surface area contributed by atoms with Crippen LogP contribution in [0.1, 0.15) is 24.8 Å². The summed E-state index contributed by atoms with van der Waals surface area (Å²) in [4.78, 5) is 27.0. The van der Waals surface area contributed by atoms with E-state index < -0.39 is 22.3 Å². The number of amides is 1. The number of nitro benzene ring substituents is 1. The Kier molecular flexibility index (Phi) is 6.77. The standard InChI is InChI=1S/C21H25FN4O3/c1-24(14-16-7-3-4-8-19(16)25-11-5-2-6-12-25)15-21(27)23-18-10-9-17(22)13-20(18)26(28)29/h3-4,7-10,13H,2,5-6,11-12,14-15H2,1H3,(H,23,27). The molecule has 1 aliphatic heterocycles. The fourth-order valence-corrected chi connectivity index (χ4v) is 3.63. The van der Waals surface area contributed by atoms with E-state index in [9.17, 15) is 19.3 Å². The Morgan fingerprint density at radius 1 is 1.21 bits per heavy atom. The highest BCUT2D eigenvalue weighted by molar-refractivity contribution is 5.94. The van der Waals surface area contributed by atoms with Gasteiger partial charge in [0.1, 0.15) is 11.5 Å². The number of para-hydroxylation sites is 1. The fraction of sp³-hybridized carbons (Fsp3) is 0.381. The minimum Gasteiger partial charge on any atom is -0.371 e. The summed E-state index contributed by atoms with van der Waals surface area (Å²) in [5.74, 6) is -1.11. The molecule has 0 radical (unpaired) electrons. The monoisotopic (exact) mass is 400 g/mol. The van der Waals surface area contributed by atoms with Gasteiger partial charge >= 0.3 is 0 Å². The first-order valence-electron chi connectivity index (χ1n) is 9.69. The quantitative estimate of drug-likeness (QED) is 0.565. The van der Waals surface area contributed by atoms with Crippen molar-refractivity contribution in [3.05, 3.63) is 64.0 Å². The largest absolute Gasteiger partial charge is 0.371 e. The Labute approximate surface area is 169 Å². The zero-order valence-electron chi connectivity index (χ0n) is 16.4. The molecule has 0 aromatic heterocycles. The number of hydrogen-bond donors (Lipinski definition) is 1. The average Bonchev–Trinajstić information content (AvgIpc) is 2.70. The lowest BCUT2D eigenvalue weighted by molar-refractivity contribution is -0.384. The molecule has 0 aliphatic carbocycles. The molecule has 1 amide bonds. The number of nitro groups is 1. The number of halogens is 1. The summed E-state index contributed by atoms with van der Waals surface area (Å²) in [7, 11) is 1.83. The van der Waals surface area contributed by atoms with Crippen molar-refractivity contribution in [2.75, 3.05) is 36.9 Å². The Hall–Kier alpha value is -3.00. The number of nitrogens with one attached hydrogen (secondary N) is 1. The van der Waals surface area contributed by atoms with Crippen molar-refractivity contribution in [2.45, 2.75) is 25.8 Å². The molecule has 1 saturated heterocycles. The third-order valence-corrected chi connectivity index (χ3v) is 4.97. The maximum Gasteiger partial charge on any atom is 0.295 e. The highest BCUT2D eigenvalue weighted by Gasteiger charge is 2.19. The zero-order valence-corrected chi connectivity index (χ0v) is 16.4. The van der Waals surface area contributed by atoms with E-state index in [-0.39, 0.29) is 12.2 Å². The number of piperidine rings is 1. The minimum atomic E-state index is -0.721. The lowest BCUT2D eigenvalue weighted by Gasteiger charge is -2.31. The van der Waals surface area contributed by atoms with Crippen LogP contribution >= 0.6 is 0 Å². The van der Waals surface area contributed by atoms with Crippen molar-refractivity contribution in [1.29, 1.82) is 0 Å². The van der Waals surface area contributed by atoms with Crippen LogP contribution in [0, 0.1) is 15.9 Å². The second kappa shape index (κ2) is 9.47. The van der Waals surface area contributed by atoms with Gasteiger partial charge in [0.15, 0.2) is 0 Å². The van der Waals surface area contributed by atoms with Gasteiger partial charge in [-0.05, 0) is 50.1 Å². The molecule has 2 aromatic carbocycles. The van der Waals surface area contributed by atoms with E-state index in [4.69, 9.17) is 0 Å². The van der Waals surface area contributed by atoms with Crippen LogP contribution < -0.4 is 10.2 Å². The smallest absolute Gasteiger partial charge is 0.295 e. The van der Waals surface area contributed by atoms with Crippen LogP contribution in [-0.4, -0.2) is 42.4 Å². The minimum absolute atomic E-state index is 0.0106. The highest BCUT2D eigenvalue weighted by Crippen LogP contribution is 2.26. The van der Waals surface area contributed by atoms with Gasteiger partial charge in [0.2, 0.25) is 5.91 Å². The first-order valence-corrected chi connectivity index (χ1v) is 9.69. The second-order valence-electron chi connectivity index (χ2n) is 7.32. The summed E-state index contributed by atoms with van der Waals surface area (Å²) >= 11 is 0. The highest BCUT2D eigenvalue weighted by atomic mass is 19.1. The van der Waals surface area contributed by atoms with Crippen LogP contribution in [0.5, 0.6) is 0 Å². The van der Waals surface area contributed by atoms with Gasteiger partial charge in [-0.15, -0.1) is 0 Å². The number of rotatable bonds is 7. The molecule has 1 aliphatic rings. The van der Waals surface area contributed by atoms with Gasteiger partial charge in [0.05, 0.1) is 17.5 Å². The van der Waals surface area contributed by atoms with Crippen molar-refractivity contribution in [3.63, 3.8) is 0 Å². The maximum atomic E-state index is 13.3. The normalized spacial score (nSPS) is 14.1. The van der Waals surface area contributed by atoms with E-state index in [2.05, 4.69) is 22.3 Å². The molecule has 0 saturated carbocycles. The molecule has 0 atom stereocenters. The average molecular weight is 400 g/mol. The summed E-state index contributed by atoms with van der Waals surface area (Å²) in [5.41, 5.74) is 1.85. The molecule has 7 nitrogen and oxygen atoms in total. The molecule has 0 unspecified atom stereocenters.